The molecular formula is C20H24N4O. The Labute approximate surface area is 148 Å². The van der Waals surface area contributed by atoms with Crippen molar-refractivity contribution in [2.45, 2.75) is 26.9 Å². The minimum Gasteiger partial charge on any atom is -0.347 e. The van der Waals surface area contributed by atoms with E-state index in [2.05, 4.69) is 58.5 Å². The van der Waals surface area contributed by atoms with Gasteiger partial charge in [0, 0.05) is 18.5 Å². The molecule has 0 saturated carbocycles. The van der Waals surface area contributed by atoms with Crippen molar-refractivity contribution in [3.63, 3.8) is 0 Å². The Bertz CT molecular complexity index is 834. The van der Waals surface area contributed by atoms with Gasteiger partial charge in [-0.05, 0) is 30.3 Å². The van der Waals surface area contributed by atoms with Crippen molar-refractivity contribution in [1.29, 1.82) is 0 Å². The van der Waals surface area contributed by atoms with E-state index in [-0.39, 0.29) is 5.91 Å². The van der Waals surface area contributed by atoms with Crippen molar-refractivity contribution < 1.29 is 4.79 Å². The fraction of sp³-hybridized carbons (Fsp3) is 0.300. The maximum atomic E-state index is 12.4. The number of para-hydroxylation sites is 1. The first-order valence-electron chi connectivity index (χ1n) is 8.72. The standard InChI is InChI=1S/C20H24N4O/c1-3-24(4-2)14-16-11-9-15(10-12-16)13-21-20(25)19-17-7-5-6-8-18(17)22-23-19/h5-12H,3-4,13-14H2,1-2H3,(H,21,25)(H,22,23). The van der Waals surface area contributed by atoms with Gasteiger partial charge in [-0.2, -0.15) is 5.10 Å². The minimum atomic E-state index is -0.162. The van der Waals surface area contributed by atoms with Gasteiger partial charge in [0.2, 0.25) is 0 Å². The lowest BCUT2D eigenvalue weighted by atomic mass is 10.1. The molecule has 3 aromatic rings. The molecule has 1 heterocycles. The van der Waals surface area contributed by atoms with E-state index in [0.717, 1.165) is 36.1 Å². The number of hydrogen-bond acceptors (Lipinski definition) is 3. The Morgan fingerprint density at radius 1 is 1.04 bits per heavy atom. The molecule has 1 amide bonds. The van der Waals surface area contributed by atoms with E-state index in [4.69, 9.17) is 0 Å². The molecule has 25 heavy (non-hydrogen) atoms. The molecule has 2 aromatic carbocycles. The summed E-state index contributed by atoms with van der Waals surface area (Å²) in [6, 6.07) is 16.0. The molecule has 3 rings (SSSR count). The zero-order valence-electron chi connectivity index (χ0n) is 14.7. The van der Waals surface area contributed by atoms with Crippen LogP contribution in [0.5, 0.6) is 0 Å². The van der Waals surface area contributed by atoms with Crippen LogP contribution in [-0.2, 0) is 13.1 Å². The summed E-state index contributed by atoms with van der Waals surface area (Å²) in [7, 11) is 0. The number of hydrogen-bond donors (Lipinski definition) is 2. The quantitative estimate of drug-likeness (QED) is 0.696. The molecule has 0 radical (unpaired) electrons. The van der Waals surface area contributed by atoms with Crippen molar-refractivity contribution in [2.75, 3.05) is 13.1 Å². The Morgan fingerprint density at radius 2 is 1.72 bits per heavy atom. The SMILES string of the molecule is CCN(CC)Cc1ccc(CNC(=O)c2n[nH]c3ccccc23)cc1. The Morgan fingerprint density at radius 3 is 2.44 bits per heavy atom. The second kappa shape index (κ2) is 7.94. The number of fused-ring (bicyclic) bond motifs is 1. The Balaban J connectivity index is 1.60. The van der Waals surface area contributed by atoms with Crippen LogP contribution < -0.4 is 5.32 Å². The smallest absolute Gasteiger partial charge is 0.272 e. The summed E-state index contributed by atoms with van der Waals surface area (Å²) in [6.45, 7) is 7.89. The molecule has 0 aliphatic carbocycles. The molecule has 0 bridgehead atoms. The second-order valence-electron chi connectivity index (χ2n) is 6.08. The highest BCUT2D eigenvalue weighted by atomic mass is 16.1. The van der Waals surface area contributed by atoms with Gasteiger partial charge in [0.15, 0.2) is 5.69 Å². The lowest BCUT2D eigenvalue weighted by Crippen LogP contribution is -2.23. The first-order chi connectivity index (χ1) is 12.2. The van der Waals surface area contributed by atoms with Crippen LogP contribution >= 0.6 is 0 Å². The third-order valence-corrected chi connectivity index (χ3v) is 4.46. The number of nitrogens with zero attached hydrogens (tertiary/aromatic N) is 2. The molecule has 0 atom stereocenters. The molecule has 0 aliphatic heterocycles. The minimum absolute atomic E-state index is 0.162. The fourth-order valence-electron chi connectivity index (χ4n) is 2.87. The monoisotopic (exact) mass is 336 g/mol. The van der Waals surface area contributed by atoms with Crippen molar-refractivity contribution in [2.24, 2.45) is 0 Å². The van der Waals surface area contributed by atoms with E-state index in [1.165, 1.54) is 5.56 Å². The van der Waals surface area contributed by atoms with Gasteiger partial charge >= 0.3 is 0 Å². The average Bonchev–Trinajstić information content (AvgIpc) is 3.09. The van der Waals surface area contributed by atoms with Crippen molar-refractivity contribution >= 4 is 16.8 Å². The molecule has 0 fully saturated rings. The average molecular weight is 336 g/mol. The number of amides is 1. The summed E-state index contributed by atoms with van der Waals surface area (Å²) < 4.78 is 0. The number of carbonyl (C=O) groups is 1. The van der Waals surface area contributed by atoms with Crippen molar-refractivity contribution in [1.82, 2.24) is 20.4 Å². The molecule has 0 unspecified atom stereocenters. The predicted molar refractivity (Wildman–Crippen MR) is 100 cm³/mol. The number of aromatic amines is 1. The van der Waals surface area contributed by atoms with Gasteiger partial charge in [-0.15, -0.1) is 0 Å². The van der Waals surface area contributed by atoms with Gasteiger partial charge in [-0.1, -0.05) is 56.3 Å². The summed E-state index contributed by atoms with van der Waals surface area (Å²) in [6.07, 6.45) is 0. The zero-order valence-corrected chi connectivity index (χ0v) is 14.7. The Kier molecular flexibility index (Phi) is 5.46. The highest BCUT2D eigenvalue weighted by molar-refractivity contribution is 6.04. The van der Waals surface area contributed by atoms with Crippen LogP contribution in [-0.4, -0.2) is 34.1 Å². The van der Waals surface area contributed by atoms with Crippen LogP contribution in [0, 0.1) is 0 Å². The van der Waals surface area contributed by atoms with Crippen molar-refractivity contribution in [3.05, 3.63) is 65.4 Å². The van der Waals surface area contributed by atoms with Gasteiger partial charge in [0.25, 0.3) is 5.91 Å². The van der Waals surface area contributed by atoms with E-state index in [9.17, 15) is 4.79 Å². The van der Waals surface area contributed by atoms with Crippen LogP contribution in [0.2, 0.25) is 0 Å². The lowest BCUT2D eigenvalue weighted by molar-refractivity contribution is 0.0947. The largest absolute Gasteiger partial charge is 0.347 e. The molecule has 0 aliphatic rings. The van der Waals surface area contributed by atoms with Gasteiger partial charge in [-0.25, -0.2) is 0 Å². The highest BCUT2D eigenvalue weighted by Crippen LogP contribution is 2.15. The molecule has 130 valence electrons. The maximum absolute atomic E-state index is 12.4. The predicted octanol–water partition coefficient (Wildman–Crippen LogP) is 3.33. The summed E-state index contributed by atoms with van der Waals surface area (Å²) in [4.78, 5) is 14.8. The van der Waals surface area contributed by atoms with Crippen LogP contribution in [0.3, 0.4) is 0 Å². The first kappa shape index (κ1) is 17.2. The van der Waals surface area contributed by atoms with Crippen LogP contribution in [0.15, 0.2) is 48.5 Å². The number of H-pyrrole nitrogens is 1. The number of aromatic nitrogens is 2. The molecular weight excluding hydrogens is 312 g/mol. The number of rotatable bonds is 7. The van der Waals surface area contributed by atoms with Gasteiger partial charge < -0.3 is 5.32 Å². The van der Waals surface area contributed by atoms with E-state index >= 15 is 0 Å². The Hall–Kier alpha value is -2.66. The van der Waals surface area contributed by atoms with Crippen LogP contribution in [0.25, 0.3) is 10.9 Å². The van der Waals surface area contributed by atoms with E-state index < -0.39 is 0 Å². The normalized spacial score (nSPS) is 11.2. The summed E-state index contributed by atoms with van der Waals surface area (Å²) >= 11 is 0. The molecule has 2 N–H and O–H groups in total. The molecule has 1 aromatic heterocycles. The highest BCUT2D eigenvalue weighted by Gasteiger charge is 2.13. The maximum Gasteiger partial charge on any atom is 0.272 e. The van der Waals surface area contributed by atoms with Crippen LogP contribution in [0.4, 0.5) is 0 Å². The topological polar surface area (TPSA) is 61.0 Å². The summed E-state index contributed by atoms with van der Waals surface area (Å²) in [5.41, 5.74) is 3.68. The van der Waals surface area contributed by atoms with Gasteiger partial charge in [0.05, 0.1) is 5.52 Å². The lowest BCUT2D eigenvalue weighted by Gasteiger charge is -2.18. The van der Waals surface area contributed by atoms with Crippen molar-refractivity contribution in [3.8, 4) is 0 Å². The zero-order chi connectivity index (χ0) is 17.6. The summed E-state index contributed by atoms with van der Waals surface area (Å²) in [5.74, 6) is -0.162. The number of benzene rings is 2. The van der Waals surface area contributed by atoms with Gasteiger partial charge in [0.1, 0.15) is 0 Å². The molecule has 5 nitrogen and oxygen atoms in total. The van der Waals surface area contributed by atoms with Crippen LogP contribution in [0.1, 0.15) is 35.5 Å². The number of nitrogens with one attached hydrogen (secondary N) is 2. The third-order valence-electron chi connectivity index (χ3n) is 4.46. The van der Waals surface area contributed by atoms with E-state index in [1.807, 2.05) is 24.3 Å². The summed E-state index contributed by atoms with van der Waals surface area (Å²) in [5, 5.41) is 10.8. The van der Waals surface area contributed by atoms with E-state index in [0.29, 0.717) is 12.2 Å². The van der Waals surface area contributed by atoms with Gasteiger partial charge in [-0.3, -0.25) is 14.8 Å². The molecule has 5 heteroatoms. The van der Waals surface area contributed by atoms with E-state index in [1.54, 1.807) is 0 Å². The fourth-order valence-corrected chi connectivity index (χ4v) is 2.87. The second-order valence-corrected chi connectivity index (χ2v) is 6.08. The molecule has 0 saturated heterocycles. The first-order valence-corrected chi connectivity index (χ1v) is 8.72. The number of carbonyl (C=O) groups excluding carboxylic acids is 1. The third kappa shape index (κ3) is 4.06. The molecule has 0 spiro atoms.